The molecule has 2 nitrogen and oxygen atoms in total. The van der Waals surface area contributed by atoms with Crippen LogP contribution in [0.3, 0.4) is 0 Å². The largest absolute Gasteiger partial charge is 0.350 e. The Morgan fingerprint density at radius 3 is 2.50 bits per heavy atom. The first-order valence-corrected chi connectivity index (χ1v) is 5.80. The lowest BCUT2D eigenvalue weighted by atomic mass is 10.0. The smallest absolute Gasteiger partial charge is 0.0512 e. The van der Waals surface area contributed by atoms with E-state index in [0.29, 0.717) is 0 Å². The summed E-state index contributed by atoms with van der Waals surface area (Å²) in [5.74, 6) is 0. The molecule has 2 heteroatoms. The first-order valence-electron chi connectivity index (χ1n) is 5.80. The lowest BCUT2D eigenvalue weighted by molar-refractivity contribution is 0.738. The Morgan fingerprint density at radius 1 is 1.25 bits per heavy atom. The number of benzene rings is 1. The average molecular weight is 216 g/mol. The molecule has 1 aromatic carbocycles. The Bertz CT molecular complexity index is 521. The number of aromatic nitrogens is 1. The maximum atomic E-state index is 5.90. The third-order valence-electron chi connectivity index (χ3n) is 3.15. The Hall–Kier alpha value is -1.28. The van der Waals surface area contributed by atoms with E-state index >= 15 is 0 Å². The van der Waals surface area contributed by atoms with Crippen molar-refractivity contribution in [3.8, 4) is 0 Å². The normalized spacial score (nSPS) is 13.3. The van der Waals surface area contributed by atoms with Crippen molar-refractivity contribution in [2.75, 3.05) is 0 Å². The molecule has 1 atom stereocenters. The van der Waals surface area contributed by atoms with Crippen LogP contribution >= 0.6 is 0 Å². The van der Waals surface area contributed by atoms with Crippen molar-refractivity contribution in [3.05, 3.63) is 35.0 Å². The van der Waals surface area contributed by atoms with Crippen LogP contribution in [-0.4, -0.2) is 10.6 Å². The average Bonchev–Trinajstić information content (AvgIpc) is 2.49. The molecule has 1 heterocycles. The standard InChI is InChI=1S/C14H20N2/c1-9-5-6-10(2)14-13(9)12(7-11(3)15)8-16(14)4/h5-6,8,11H,7,15H2,1-4H3. The van der Waals surface area contributed by atoms with Gasteiger partial charge in [-0.25, -0.2) is 0 Å². The van der Waals surface area contributed by atoms with E-state index in [0.717, 1.165) is 6.42 Å². The molecule has 1 unspecified atom stereocenters. The fourth-order valence-corrected chi connectivity index (χ4v) is 2.52. The predicted octanol–water partition coefficient (Wildman–Crippen LogP) is 2.68. The van der Waals surface area contributed by atoms with Crippen molar-refractivity contribution in [2.45, 2.75) is 33.2 Å². The van der Waals surface area contributed by atoms with Crippen molar-refractivity contribution < 1.29 is 0 Å². The van der Waals surface area contributed by atoms with Crippen LogP contribution in [0.15, 0.2) is 18.3 Å². The van der Waals surface area contributed by atoms with Gasteiger partial charge in [0.15, 0.2) is 0 Å². The van der Waals surface area contributed by atoms with Gasteiger partial charge >= 0.3 is 0 Å². The molecule has 0 radical (unpaired) electrons. The van der Waals surface area contributed by atoms with Crippen LogP contribution in [0.4, 0.5) is 0 Å². The molecule has 0 amide bonds. The SMILES string of the molecule is Cc1ccc(C)c2c1c(CC(C)N)cn2C. The number of rotatable bonds is 2. The lowest BCUT2D eigenvalue weighted by Crippen LogP contribution is -2.17. The topological polar surface area (TPSA) is 30.9 Å². The third-order valence-corrected chi connectivity index (χ3v) is 3.15. The predicted molar refractivity (Wildman–Crippen MR) is 69.7 cm³/mol. The molecule has 2 aromatic rings. The molecule has 1 aromatic heterocycles. The van der Waals surface area contributed by atoms with E-state index in [1.807, 2.05) is 0 Å². The molecule has 2 N–H and O–H groups in total. The lowest BCUT2D eigenvalue weighted by Gasteiger charge is -2.06. The van der Waals surface area contributed by atoms with Gasteiger partial charge in [0, 0.05) is 24.7 Å². The van der Waals surface area contributed by atoms with Crippen LogP contribution in [0.1, 0.15) is 23.6 Å². The molecule has 0 saturated carbocycles. The molecule has 0 bridgehead atoms. The minimum Gasteiger partial charge on any atom is -0.350 e. The summed E-state index contributed by atoms with van der Waals surface area (Å²) in [6.07, 6.45) is 3.16. The minimum atomic E-state index is 0.213. The first-order chi connectivity index (χ1) is 7.50. The Balaban J connectivity index is 2.72. The maximum absolute atomic E-state index is 5.90. The summed E-state index contributed by atoms with van der Waals surface area (Å²) in [7, 11) is 2.11. The number of nitrogens with zero attached hydrogens (tertiary/aromatic N) is 1. The van der Waals surface area contributed by atoms with Gasteiger partial charge < -0.3 is 10.3 Å². The van der Waals surface area contributed by atoms with Crippen LogP contribution in [-0.2, 0) is 13.5 Å². The van der Waals surface area contributed by atoms with Crippen molar-refractivity contribution in [3.63, 3.8) is 0 Å². The number of hydrogen-bond donors (Lipinski definition) is 1. The molecule has 0 spiro atoms. The summed E-state index contributed by atoms with van der Waals surface area (Å²) < 4.78 is 2.22. The second-order valence-electron chi connectivity index (χ2n) is 4.87. The minimum absolute atomic E-state index is 0.213. The van der Waals surface area contributed by atoms with Gasteiger partial charge in [-0.05, 0) is 43.9 Å². The van der Waals surface area contributed by atoms with E-state index in [9.17, 15) is 0 Å². The summed E-state index contributed by atoms with van der Waals surface area (Å²) in [6, 6.07) is 4.60. The first kappa shape index (κ1) is 11.2. The summed E-state index contributed by atoms with van der Waals surface area (Å²) >= 11 is 0. The van der Waals surface area contributed by atoms with Gasteiger partial charge in [0.2, 0.25) is 0 Å². The zero-order valence-electron chi connectivity index (χ0n) is 10.5. The molecule has 0 fully saturated rings. The van der Waals surface area contributed by atoms with Crippen LogP contribution in [0.2, 0.25) is 0 Å². The fourth-order valence-electron chi connectivity index (χ4n) is 2.52. The Morgan fingerprint density at radius 2 is 1.88 bits per heavy atom. The summed E-state index contributed by atoms with van der Waals surface area (Å²) in [5.41, 5.74) is 11.3. The molecular formula is C14H20N2. The second kappa shape index (κ2) is 3.95. The molecule has 86 valence electrons. The van der Waals surface area contributed by atoms with Gasteiger partial charge in [-0.2, -0.15) is 0 Å². The number of aryl methyl sites for hydroxylation is 3. The van der Waals surface area contributed by atoms with E-state index in [1.54, 1.807) is 0 Å². The number of fused-ring (bicyclic) bond motifs is 1. The molecule has 2 rings (SSSR count). The van der Waals surface area contributed by atoms with Crippen molar-refractivity contribution in [1.29, 1.82) is 0 Å². The Labute approximate surface area is 97.1 Å². The molecular weight excluding hydrogens is 196 g/mol. The third kappa shape index (κ3) is 1.74. The monoisotopic (exact) mass is 216 g/mol. The van der Waals surface area contributed by atoms with Crippen molar-refractivity contribution >= 4 is 10.9 Å². The highest BCUT2D eigenvalue weighted by Crippen LogP contribution is 2.27. The van der Waals surface area contributed by atoms with E-state index in [1.165, 1.54) is 27.6 Å². The number of hydrogen-bond acceptors (Lipinski definition) is 1. The van der Waals surface area contributed by atoms with Gasteiger partial charge in [-0.3, -0.25) is 0 Å². The highest BCUT2D eigenvalue weighted by Gasteiger charge is 2.11. The van der Waals surface area contributed by atoms with Crippen LogP contribution in [0.25, 0.3) is 10.9 Å². The van der Waals surface area contributed by atoms with Gasteiger partial charge in [-0.15, -0.1) is 0 Å². The molecule has 0 aliphatic rings. The molecule has 0 aliphatic carbocycles. The number of nitrogens with two attached hydrogens (primary N) is 1. The fraction of sp³-hybridized carbons (Fsp3) is 0.429. The highest BCUT2D eigenvalue weighted by atomic mass is 14.9. The molecule has 16 heavy (non-hydrogen) atoms. The van der Waals surface area contributed by atoms with E-state index in [-0.39, 0.29) is 6.04 Å². The van der Waals surface area contributed by atoms with E-state index in [4.69, 9.17) is 5.73 Å². The van der Waals surface area contributed by atoms with Gasteiger partial charge in [-0.1, -0.05) is 12.1 Å². The zero-order chi connectivity index (χ0) is 11.9. The summed E-state index contributed by atoms with van der Waals surface area (Å²) in [4.78, 5) is 0. The van der Waals surface area contributed by atoms with Crippen LogP contribution in [0, 0.1) is 13.8 Å². The van der Waals surface area contributed by atoms with Crippen LogP contribution < -0.4 is 5.73 Å². The highest BCUT2D eigenvalue weighted by molar-refractivity contribution is 5.89. The second-order valence-corrected chi connectivity index (χ2v) is 4.87. The Kier molecular flexibility index (Phi) is 2.76. The van der Waals surface area contributed by atoms with Gasteiger partial charge in [0.25, 0.3) is 0 Å². The van der Waals surface area contributed by atoms with E-state index < -0.39 is 0 Å². The zero-order valence-corrected chi connectivity index (χ0v) is 10.5. The summed E-state index contributed by atoms with van der Waals surface area (Å²) in [6.45, 7) is 6.40. The summed E-state index contributed by atoms with van der Waals surface area (Å²) in [5, 5.41) is 1.39. The quantitative estimate of drug-likeness (QED) is 0.822. The molecule has 0 saturated heterocycles. The van der Waals surface area contributed by atoms with Crippen molar-refractivity contribution in [1.82, 2.24) is 4.57 Å². The van der Waals surface area contributed by atoms with E-state index in [2.05, 4.69) is 50.7 Å². The van der Waals surface area contributed by atoms with Gasteiger partial charge in [0.1, 0.15) is 0 Å². The van der Waals surface area contributed by atoms with Crippen molar-refractivity contribution in [2.24, 2.45) is 12.8 Å². The molecule has 0 aliphatic heterocycles. The van der Waals surface area contributed by atoms with Crippen LogP contribution in [0.5, 0.6) is 0 Å². The van der Waals surface area contributed by atoms with Gasteiger partial charge in [0.05, 0.1) is 5.52 Å². The maximum Gasteiger partial charge on any atom is 0.0512 e.